The predicted molar refractivity (Wildman–Crippen MR) is 90.4 cm³/mol. The van der Waals surface area contributed by atoms with E-state index in [1.165, 1.54) is 12.8 Å². The summed E-state index contributed by atoms with van der Waals surface area (Å²) in [4.78, 5) is 12.3. The number of carbonyl (C=O) groups is 1. The van der Waals surface area contributed by atoms with Crippen molar-refractivity contribution in [3.05, 3.63) is 47.0 Å². The van der Waals surface area contributed by atoms with Gasteiger partial charge in [-0.1, -0.05) is 68.1 Å². The SMILES string of the molecule is C/C=C/CC(CCCCC)C(=O)NCc1ccccc1Cl. The van der Waals surface area contributed by atoms with Crippen molar-refractivity contribution in [2.45, 2.75) is 52.5 Å². The highest BCUT2D eigenvalue weighted by molar-refractivity contribution is 6.31. The summed E-state index contributed by atoms with van der Waals surface area (Å²) in [6.07, 6.45) is 9.32. The molecule has 1 aromatic carbocycles. The third kappa shape index (κ3) is 6.81. The van der Waals surface area contributed by atoms with E-state index in [-0.39, 0.29) is 11.8 Å². The smallest absolute Gasteiger partial charge is 0.223 e. The number of amides is 1. The molecule has 0 bridgehead atoms. The average Bonchev–Trinajstić information content (AvgIpc) is 2.49. The van der Waals surface area contributed by atoms with Crippen LogP contribution in [-0.4, -0.2) is 5.91 Å². The quantitative estimate of drug-likeness (QED) is 0.498. The number of carbonyl (C=O) groups excluding carboxylic acids is 1. The van der Waals surface area contributed by atoms with Gasteiger partial charge in [-0.15, -0.1) is 0 Å². The standard InChI is InChI=1S/C18H26ClNO/c1-3-5-7-11-15(10-6-4-2)18(21)20-14-16-12-8-9-13-17(16)19/h4,6,8-9,12-13,15H,3,5,7,10-11,14H2,1-2H3,(H,20,21)/b6-4+. The maximum absolute atomic E-state index is 12.3. The number of hydrogen-bond acceptors (Lipinski definition) is 1. The average molecular weight is 308 g/mol. The Kier molecular flexibility index (Phi) is 8.84. The van der Waals surface area contributed by atoms with E-state index in [1.807, 2.05) is 37.3 Å². The molecule has 2 nitrogen and oxygen atoms in total. The fourth-order valence-corrected chi connectivity index (χ4v) is 2.47. The van der Waals surface area contributed by atoms with Crippen LogP contribution in [0.1, 0.15) is 51.5 Å². The topological polar surface area (TPSA) is 29.1 Å². The lowest BCUT2D eigenvalue weighted by Gasteiger charge is -2.15. The number of benzene rings is 1. The van der Waals surface area contributed by atoms with Crippen LogP contribution in [0, 0.1) is 5.92 Å². The zero-order valence-corrected chi connectivity index (χ0v) is 13.8. The summed E-state index contributed by atoms with van der Waals surface area (Å²) < 4.78 is 0. The first-order valence-electron chi connectivity index (χ1n) is 7.81. The molecule has 0 fully saturated rings. The van der Waals surface area contributed by atoms with Crippen molar-refractivity contribution in [2.24, 2.45) is 5.92 Å². The van der Waals surface area contributed by atoms with Gasteiger partial charge in [-0.25, -0.2) is 0 Å². The minimum atomic E-state index is 0.0650. The summed E-state index contributed by atoms with van der Waals surface area (Å²) in [6, 6.07) is 7.63. The molecule has 0 aliphatic rings. The van der Waals surface area contributed by atoms with Crippen LogP contribution in [0.2, 0.25) is 5.02 Å². The van der Waals surface area contributed by atoms with Gasteiger partial charge in [-0.05, 0) is 31.4 Å². The monoisotopic (exact) mass is 307 g/mol. The first-order chi connectivity index (χ1) is 10.2. The maximum atomic E-state index is 12.3. The number of allylic oxidation sites excluding steroid dienone is 2. The second-order valence-corrected chi connectivity index (χ2v) is 5.71. The second kappa shape index (κ2) is 10.4. The van der Waals surface area contributed by atoms with Crippen LogP contribution >= 0.6 is 11.6 Å². The fourth-order valence-electron chi connectivity index (χ4n) is 2.27. The number of halogens is 1. The molecule has 1 unspecified atom stereocenters. The van der Waals surface area contributed by atoms with Crippen LogP contribution in [0.5, 0.6) is 0 Å². The maximum Gasteiger partial charge on any atom is 0.223 e. The molecular formula is C18H26ClNO. The van der Waals surface area contributed by atoms with Gasteiger partial charge in [0.05, 0.1) is 0 Å². The van der Waals surface area contributed by atoms with Gasteiger partial charge in [0.25, 0.3) is 0 Å². The molecule has 0 saturated heterocycles. The third-order valence-corrected chi connectivity index (χ3v) is 3.96. The summed E-state index contributed by atoms with van der Waals surface area (Å²) >= 11 is 6.11. The molecule has 1 rings (SSSR count). The molecule has 0 spiro atoms. The molecule has 0 radical (unpaired) electrons. The van der Waals surface area contributed by atoms with Crippen LogP contribution in [-0.2, 0) is 11.3 Å². The minimum Gasteiger partial charge on any atom is -0.352 e. The Bertz CT molecular complexity index is 456. The minimum absolute atomic E-state index is 0.0650. The van der Waals surface area contributed by atoms with Gasteiger partial charge in [-0.3, -0.25) is 4.79 Å². The van der Waals surface area contributed by atoms with E-state index >= 15 is 0 Å². The fraction of sp³-hybridized carbons (Fsp3) is 0.500. The molecule has 0 aliphatic carbocycles. The highest BCUT2D eigenvalue weighted by atomic mass is 35.5. The van der Waals surface area contributed by atoms with E-state index in [2.05, 4.69) is 18.3 Å². The van der Waals surface area contributed by atoms with Crippen molar-refractivity contribution in [2.75, 3.05) is 0 Å². The van der Waals surface area contributed by atoms with Crippen molar-refractivity contribution in [3.8, 4) is 0 Å². The van der Waals surface area contributed by atoms with Crippen LogP contribution < -0.4 is 5.32 Å². The molecule has 21 heavy (non-hydrogen) atoms. The van der Waals surface area contributed by atoms with Gasteiger partial charge >= 0.3 is 0 Å². The van der Waals surface area contributed by atoms with Gasteiger partial charge in [0.15, 0.2) is 0 Å². The molecule has 0 heterocycles. The lowest BCUT2D eigenvalue weighted by Crippen LogP contribution is -2.30. The van der Waals surface area contributed by atoms with Gasteiger partial charge in [0.1, 0.15) is 0 Å². The van der Waals surface area contributed by atoms with Crippen LogP contribution in [0.15, 0.2) is 36.4 Å². The van der Waals surface area contributed by atoms with Crippen molar-refractivity contribution < 1.29 is 4.79 Å². The summed E-state index contributed by atoms with van der Waals surface area (Å²) in [5, 5.41) is 3.72. The molecule has 116 valence electrons. The molecule has 0 aromatic heterocycles. The Morgan fingerprint density at radius 2 is 2.10 bits per heavy atom. The highest BCUT2D eigenvalue weighted by Crippen LogP contribution is 2.17. The molecule has 1 N–H and O–H groups in total. The van der Waals surface area contributed by atoms with Gasteiger partial charge in [0, 0.05) is 17.5 Å². The number of unbranched alkanes of at least 4 members (excludes halogenated alkanes) is 2. The number of rotatable bonds is 9. The Labute approximate surface area is 133 Å². The summed E-state index contributed by atoms with van der Waals surface area (Å²) in [5.74, 6) is 0.194. The Balaban J connectivity index is 2.52. The van der Waals surface area contributed by atoms with E-state index in [0.717, 1.165) is 24.8 Å². The van der Waals surface area contributed by atoms with Crippen molar-refractivity contribution in [1.29, 1.82) is 0 Å². The van der Waals surface area contributed by atoms with Crippen LogP contribution in [0.25, 0.3) is 0 Å². The van der Waals surface area contributed by atoms with Crippen LogP contribution in [0.3, 0.4) is 0 Å². The van der Waals surface area contributed by atoms with E-state index in [4.69, 9.17) is 11.6 Å². The number of nitrogens with one attached hydrogen (secondary N) is 1. The second-order valence-electron chi connectivity index (χ2n) is 5.31. The molecule has 0 saturated carbocycles. The Morgan fingerprint density at radius 1 is 1.33 bits per heavy atom. The first kappa shape index (κ1) is 17.8. The summed E-state index contributed by atoms with van der Waals surface area (Å²) in [6.45, 7) is 4.67. The van der Waals surface area contributed by atoms with E-state index < -0.39 is 0 Å². The van der Waals surface area contributed by atoms with Crippen molar-refractivity contribution in [1.82, 2.24) is 5.32 Å². The zero-order valence-electron chi connectivity index (χ0n) is 13.1. The van der Waals surface area contributed by atoms with Crippen molar-refractivity contribution in [3.63, 3.8) is 0 Å². The largest absolute Gasteiger partial charge is 0.352 e. The Morgan fingerprint density at radius 3 is 2.76 bits per heavy atom. The summed E-state index contributed by atoms with van der Waals surface area (Å²) in [7, 11) is 0. The van der Waals surface area contributed by atoms with Gasteiger partial charge in [-0.2, -0.15) is 0 Å². The molecule has 1 aromatic rings. The molecule has 1 amide bonds. The molecular weight excluding hydrogens is 282 g/mol. The molecule has 3 heteroatoms. The lowest BCUT2D eigenvalue weighted by molar-refractivity contribution is -0.125. The third-order valence-electron chi connectivity index (χ3n) is 3.59. The van der Waals surface area contributed by atoms with Gasteiger partial charge in [0.2, 0.25) is 5.91 Å². The first-order valence-corrected chi connectivity index (χ1v) is 8.19. The molecule has 1 atom stereocenters. The van der Waals surface area contributed by atoms with E-state index in [1.54, 1.807) is 0 Å². The predicted octanol–water partition coefficient (Wildman–Crippen LogP) is 5.12. The van der Waals surface area contributed by atoms with Crippen molar-refractivity contribution >= 4 is 17.5 Å². The Hall–Kier alpha value is -1.28. The summed E-state index contributed by atoms with van der Waals surface area (Å²) in [5.41, 5.74) is 0.964. The normalized spacial score (nSPS) is 12.5. The molecule has 0 aliphatic heterocycles. The lowest BCUT2D eigenvalue weighted by atomic mass is 9.96. The van der Waals surface area contributed by atoms with Gasteiger partial charge < -0.3 is 5.32 Å². The highest BCUT2D eigenvalue weighted by Gasteiger charge is 2.16. The van der Waals surface area contributed by atoms with Crippen LogP contribution in [0.4, 0.5) is 0 Å². The van der Waals surface area contributed by atoms with E-state index in [9.17, 15) is 4.79 Å². The number of hydrogen-bond donors (Lipinski definition) is 1. The van der Waals surface area contributed by atoms with E-state index in [0.29, 0.717) is 11.6 Å². The zero-order chi connectivity index (χ0) is 15.5.